The van der Waals surface area contributed by atoms with E-state index in [1.807, 2.05) is 12.1 Å². The average Bonchev–Trinajstić information content (AvgIpc) is 2.95. The van der Waals surface area contributed by atoms with Gasteiger partial charge in [-0.15, -0.1) is 0 Å². The van der Waals surface area contributed by atoms with Gasteiger partial charge >= 0.3 is 0 Å². The molecule has 1 aromatic heterocycles. The van der Waals surface area contributed by atoms with Crippen LogP contribution in [0.4, 0.5) is 5.69 Å². The lowest BCUT2D eigenvalue weighted by Gasteiger charge is -2.31. The summed E-state index contributed by atoms with van der Waals surface area (Å²) in [5, 5.41) is 14.5. The highest BCUT2D eigenvalue weighted by atomic mass is 35.5. The van der Waals surface area contributed by atoms with Gasteiger partial charge in [0.25, 0.3) is 5.69 Å². The highest BCUT2D eigenvalue weighted by Crippen LogP contribution is 2.32. The summed E-state index contributed by atoms with van der Waals surface area (Å²) in [5.41, 5.74) is 0.637. The number of rotatable bonds is 4. The predicted octanol–water partition coefficient (Wildman–Crippen LogP) is 3.30. The van der Waals surface area contributed by atoms with Crippen molar-refractivity contribution in [1.29, 1.82) is 0 Å². The molecule has 0 saturated carbocycles. The van der Waals surface area contributed by atoms with Crippen molar-refractivity contribution in [3.63, 3.8) is 0 Å². The largest absolute Gasteiger partial charge is 0.460 e. The van der Waals surface area contributed by atoms with Gasteiger partial charge in [-0.1, -0.05) is 11.6 Å². The minimum absolute atomic E-state index is 0.0275. The number of furan rings is 1. The zero-order valence-electron chi connectivity index (χ0n) is 12.8. The molecule has 1 fully saturated rings. The lowest BCUT2D eigenvalue weighted by atomic mass is 10.1. The van der Waals surface area contributed by atoms with Crippen molar-refractivity contribution in [1.82, 2.24) is 10.2 Å². The fourth-order valence-electron chi connectivity index (χ4n) is 2.80. The van der Waals surface area contributed by atoms with E-state index < -0.39 is 4.92 Å². The van der Waals surface area contributed by atoms with Crippen LogP contribution >= 0.6 is 11.6 Å². The van der Waals surface area contributed by atoms with E-state index in [-0.39, 0.29) is 5.69 Å². The monoisotopic (exact) mass is 335 g/mol. The molecule has 1 unspecified atom stereocenters. The van der Waals surface area contributed by atoms with Crippen molar-refractivity contribution in [2.75, 3.05) is 19.6 Å². The molecule has 0 amide bonds. The third-order valence-corrected chi connectivity index (χ3v) is 4.24. The molecule has 1 aromatic carbocycles. The smallest absolute Gasteiger partial charge is 0.270 e. The fraction of sp³-hybridized carbons (Fsp3) is 0.375. The lowest BCUT2D eigenvalue weighted by molar-refractivity contribution is -0.384. The van der Waals surface area contributed by atoms with E-state index in [0.717, 1.165) is 31.9 Å². The maximum atomic E-state index is 10.8. The Morgan fingerprint density at radius 2 is 2.26 bits per heavy atom. The third-order valence-electron chi connectivity index (χ3n) is 3.92. The molecule has 2 aromatic rings. The maximum Gasteiger partial charge on any atom is 0.270 e. The van der Waals surface area contributed by atoms with E-state index in [1.165, 1.54) is 12.1 Å². The number of nitro groups is 1. The molecule has 1 N–H and O–H groups in total. The van der Waals surface area contributed by atoms with E-state index in [4.69, 9.17) is 16.0 Å². The predicted molar refractivity (Wildman–Crippen MR) is 88.6 cm³/mol. The van der Waals surface area contributed by atoms with Gasteiger partial charge in [0.05, 0.1) is 16.5 Å². The molecule has 0 aliphatic carbocycles. The van der Waals surface area contributed by atoms with Crippen LogP contribution in [-0.4, -0.2) is 35.5 Å². The van der Waals surface area contributed by atoms with Crippen LogP contribution in [0.25, 0.3) is 11.3 Å². The first-order valence-electron chi connectivity index (χ1n) is 7.51. The molecule has 1 aliphatic heterocycles. The molecule has 1 atom stereocenters. The second-order valence-corrected chi connectivity index (χ2v) is 6.18. The summed E-state index contributed by atoms with van der Waals surface area (Å²) in [4.78, 5) is 12.6. The molecule has 1 saturated heterocycles. The van der Waals surface area contributed by atoms with Crippen LogP contribution in [0.1, 0.15) is 12.7 Å². The number of hydrogen-bond acceptors (Lipinski definition) is 5. The number of nitrogens with zero attached hydrogens (tertiary/aromatic N) is 2. The van der Waals surface area contributed by atoms with Gasteiger partial charge in [0.15, 0.2) is 0 Å². The van der Waals surface area contributed by atoms with Crippen molar-refractivity contribution in [2.24, 2.45) is 0 Å². The Bertz CT molecular complexity index is 716. The van der Waals surface area contributed by atoms with Gasteiger partial charge in [-0.25, -0.2) is 0 Å². The van der Waals surface area contributed by atoms with Gasteiger partial charge in [0, 0.05) is 43.4 Å². The Kier molecular flexibility index (Phi) is 4.66. The molecule has 23 heavy (non-hydrogen) atoms. The molecule has 6 nitrogen and oxygen atoms in total. The van der Waals surface area contributed by atoms with E-state index in [2.05, 4.69) is 17.1 Å². The van der Waals surface area contributed by atoms with Crippen molar-refractivity contribution >= 4 is 17.3 Å². The standard InChI is InChI=1S/C16H18ClN3O3/c1-11-9-19(7-6-18-11)10-13-3-5-16(23-13)14-4-2-12(20(21)22)8-15(14)17/h2-5,8,11,18H,6-7,9-10H2,1H3. The van der Waals surface area contributed by atoms with Crippen LogP contribution in [0.2, 0.25) is 5.02 Å². The van der Waals surface area contributed by atoms with Crippen LogP contribution in [0, 0.1) is 10.1 Å². The number of non-ortho nitro benzene ring substituents is 1. The van der Waals surface area contributed by atoms with Crippen molar-refractivity contribution in [3.8, 4) is 11.3 Å². The third kappa shape index (κ3) is 3.72. The molecule has 0 radical (unpaired) electrons. The number of halogens is 1. The van der Waals surface area contributed by atoms with Crippen molar-refractivity contribution in [2.45, 2.75) is 19.5 Å². The van der Waals surface area contributed by atoms with Crippen molar-refractivity contribution in [3.05, 3.63) is 51.2 Å². The number of piperazine rings is 1. The molecular weight excluding hydrogens is 318 g/mol. The fourth-order valence-corrected chi connectivity index (χ4v) is 3.07. The SMILES string of the molecule is CC1CN(Cc2ccc(-c3ccc([N+](=O)[O-])cc3Cl)o2)CCN1. The quantitative estimate of drug-likeness (QED) is 0.685. The average molecular weight is 336 g/mol. The van der Waals surface area contributed by atoms with E-state index in [1.54, 1.807) is 6.07 Å². The van der Waals surface area contributed by atoms with Crippen LogP contribution in [-0.2, 0) is 6.54 Å². The van der Waals surface area contributed by atoms with Crippen LogP contribution in [0.3, 0.4) is 0 Å². The molecule has 0 spiro atoms. The summed E-state index contributed by atoms with van der Waals surface area (Å²) in [6.45, 7) is 5.85. The van der Waals surface area contributed by atoms with Crippen LogP contribution in [0.15, 0.2) is 34.7 Å². The van der Waals surface area contributed by atoms with Crippen LogP contribution in [0.5, 0.6) is 0 Å². The molecule has 1 aliphatic rings. The van der Waals surface area contributed by atoms with Gasteiger partial charge in [-0.3, -0.25) is 15.0 Å². The van der Waals surface area contributed by atoms with E-state index in [9.17, 15) is 10.1 Å². The lowest BCUT2D eigenvalue weighted by Crippen LogP contribution is -2.48. The van der Waals surface area contributed by atoms with Gasteiger partial charge in [-0.05, 0) is 25.1 Å². The summed E-state index contributed by atoms with van der Waals surface area (Å²) in [7, 11) is 0. The zero-order valence-corrected chi connectivity index (χ0v) is 13.5. The number of nitro benzene ring substituents is 1. The topological polar surface area (TPSA) is 71.5 Å². The molecule has 122 valence electrons. The number of benzene rings is 1. The molecule has 2 heterocycles. The summed E-state index contributed by atoms with van der Waals surface area (Å²) in [5.74, 6) is 1.49. The second kappa shape index (κ2) is 6.70. The Labute approximate surface area is 139 Å². The first kappa shape index (κ1) is 16.0. The first-order chi connectivity index (χ1) is 11.0. The van der Waals surface area contributed by atoms with E-state index in [0.29, 0.717) is 22.4 Å². The molecular formula is C16H18ClN3O3. The first-order valence-corrected chi connectivity index (χ1v) is 7.89. The minimum atomic E-state index is -0.464. The van der Waals surface area contributed by atoms with Crippen LogP contribution < -0.4 is 5.32 Å². The highest BCUT2D eigenvalue weighted by Gasteiger charge is 2.18. The summed E-state index contributed by atoms with van der Waals surface area (Å²) in [6.07, 6.45) is 0. The summed E-state index contributed by atoms with van der Waals surface area (Å²) in [6, 6.07) is 8.66. The summed E-state index contributed by atoms with van der Waals surface area (Å²) >= 11 is 6.15. The highest BCUT2D eigenvalue weighted by molar-refractivity contribution is 6.33. The van der Waals surface area contributed by atoms with Gasteiger partial charge in [0.2, 0.25) is 0 Å². The molecule has 0 bridgehead atoms. The maximum absolute atomic E-state index is 10.8. The zero-order chi connectivity index (χ0) is 16.4. The number of nitrogens with one attached hydrogen (secondary N) is 1. The normalized spacial score (nSPS) is 19.0. The second-order valence-electron chi connectivity index (χ2n) is 5.78. The van der Waals surface area contributed by atoms with E-state index >= 15 is 0 Å². The Morgan fingerprint density at radius 1 is 1.43 bits per heavy atom. The number of hydrogen-bond donors (Lipinski definition) is 1. The van der Waals surface area contributed by atoms with Crippen molar-refractivity contribution < 1.29 is 9.34 Å². The molecule has 7 heteroatoms. The molecule has 3 rings (SSSR count). The summed E-state index contributed by atoms with van der Waals surface area (Å²) < 4.78 is 5.87. The Hall–Kier alpha value is -1.89. The van der Waals surface area contributed by atoms with Gasteiger partial charge < -0.3 is 9.73 Å². The minimum Gasteiger partial charge on any atom is -0.460 e. The van der Waals surface area contributed by atoms with Gasteiger partial charge in [-0.2, -0.15) is 0 Å². The van der Waals surface area contributed by atoms with Gasteiger partial charge in [0.1, 0.15) is 11.5 Å². The Balaban J connectivity index is 1.75. The Morgan fingerprint density at radius 3 is 2.96 bits per heavy atom.